The van der Waals surface area contributed by atoms with Gasteiger partial charge >= 0.3 is 6.18 Å². The number of alkyl halides is 3. The van der Waals surface area contributed by atoms with E-state index in [1.54, 1.807) is 0 Å². The van der Waals surface area contributed by atoms with Crippen LogP contribution in [-0.4, -0.2) is 40.7 Å². The molecule has 0 spiro atoms. The van der Waals surface area contributed by atoms with Crippen LogP contribution in [-0.2, 0) is 16.1 Å². The van der Waals surface area contributed by atoms with Crippen LogP contribution in [0, 0.1) is 0 Å². The van der Waals surface area contributed by atoms with E-state index < -0.39 is 41.9 Å². The molecular formula is C22H17ClF3N3O4. The fourth-order valence-corrected chi connectivity index (χ4v) is 4.17. The molecule has 0 bridgehead atoms. The number of carbonyl (C=O) groups is 4. The fourth-order valence-electron chi connectivity index (χ4n) is 3.97. The predicted octanol–water partition coefficient (Wildman–Crippen LogP) is 3.13. The van der Waals surface area contributed by atoms with Crippen LogP contribution < -0.4 is 10.6 Å². The van der Waals surface area contributed by atoms with Gasteiger partial charge < -0.3 is 10.2 Å². The number of fused-ring (bicyclic) bond motifs is 1. The highest BCUT2D eigenvalue weighted by atomic mass is 35.5. The Morgan fingerprint density at radius 1 is 1.15 bits per heavy atom. The molecule has 1 saturated heterocycles. The Morgan fingerprint density at radius 3 is 2.58 bits per heavy atom. The highest BCUT2D eigenvalue weighted by Gasteiger charge is 2.43. The highest BCUT2D eigenvalue weighted by molar-refractivity contribution is 6.30. The molecule has 11 heteroatoms. The maximum atomic E-state index is 13.6. The molecule has 2 aliphatic rings. The molecule has 2 aliphatic heterocycles. The van der Waals surface area contributed by atoms with Gasteiger partial charge in [0.05, 0.1) is 0 Å². The van der Waals surface area contributed by atoms with Crippen molar-refractivity contribution in [2.45, 2.75) is 37.6 Å². The summed E-state index contributed by atoms with van der Waals surface area (Å²) >= 11 is 5.80. The number of benzene rings is 2. The summed E-state index contributed by atoms with van der Waals surface area (Å²) in [5, 5.41) is 4.27. The Morgan fingerprint density at radius 2 is 1.91 bits per heavy atom. The average molecular weight is 480 g/mol. The number of imide groups is 1. The molecule has 172 valence electrons. The zero-order chi connectivity index (χ0) is 23.9. The van der Waals surface area contributed by atoms with Crippen LogP contribution in [0.3, 0.4) is 0 Å². The Bertz CT molecular complexity index is 1170. The van der Waals surface area contributed by atoms with Crippen molar-refractivity contribution < 1.29 is 32.3 Å². The van der Waals surface area contributed by atoms with Crippen LogP contribution >= 0.6 is 11.6 Å². The summed E-state index contributed by atoms with van der Waals surface area (Å²) in [4.78, 5) is 50.2. The first-order chi connectivity index (χ1) is 15.5. The van der Waals surface area contributed by atoms with Crippen molar-refractivity contribution in [2.24, 2.45) is 0 Å². The average Bonchev–Trinajstić information content (AvgIpc) is 3.06. The fraction of sp³-hybridized carbons (Fsp3) is 0.273. The summed E-state index contributed by atoms with van der Waals surface area (Å²) in [6, 6.07) is 5.93. The summed E-state index contributed by atoms with van der Waals surface area (Å²) in [7, 11) is 0. The van der Waals surface area contributed by atoms with E-state index in [0.717, 1.165) is 6.07 Å². The van der Waals surface area contributed by atoms with Gasteiger partial charge in [0, 0.05) is 29.1 Å². The second-order valence-electron chi connectivity index (χ2n) is 7.77. The van der Waals surface area contributed by atoms with Gasteiger partial charge in [-0.1, -0.05) is 23.7 Å². The molecule has 2 atom stereocenters. The minimum Gasteiger partial charge on any atom is -0.337 e. The number of rotatable bonds is 4. The van der Waals surface area contributed by atoms with E-state index in [-0.39, 0.29) is 41.1 Å². The van der Waals surface area contributed by atoms with E-state index >= 15 is 0 Å². The molecule has 4 amide bonds. The summed E-state index contributed by atoms with van der Waals surface area (Å²) in [6.07, 6.45) is -4.51. The quantitative estimate of drug-likeness (QED) is 0.659. The van der Waals surface area contributed by atoms with Crippen LogP contribution in [0.25, 0.3) is 0 Å². The third kappa shape index (κ3) is 4.56. The Labute approximate surface area is 190 Å². The molecule has 0 radical (unpaired) electrons. The maximum Gasteiger partial charge on any atom is 0.412 e. The van der Waals surface area contributed by atoms with Gasteiger partial charge in [-0.05, 0) is 47.9 Å². The third-order valence-corrected chi connectivity index (χ3v) is 5.81. The molecule has 33 heavy (non-hydrogen) atoms. The first-order valence-electron chi connectivity index (χ1n) is 9.95. The van der Waals surface area contributed by atoms with Crippen molar-refractivity contribution in [2.75, 3.05) is 0 Å². The summed E-state index contributed by atoms with van der Waals surface area (Å²) in [6.45, 7) is -0.00143. The predicted molar refractivity (Wildman–Crippen MR) is 110 cm³/mol. The molecule has 1 fully saturated rings. The third-order valence-electron chi connectivity index (χ3n) is 5.57. The molecule has 0 aliphatic carbocycles. The first kappa shape index (κ1) is 22.8. The maximum absolute atomic E-state index is 13.6. The second kappa shape index (κ2) is 8.51. The Balaban J connectivity index is 1.55. The van der Waals surface area contributed by atoms with Gasteiger partial charge in [-0.2, -0.15) is 13.2 Å². The molecule has 7 nitrogen and oxygen atoms in total. The molecule has 2 N–H and O–H groups in total. The molecule has 4 rings (SSSR count). The van der Waals surface area contributed by atoms with Crippen molar-refractivity contribution in [3.8, 4) is 0 Å². The van der Waals surface area contributed by atoms with E-state index in [1.165, 1.54) is 41.3 Å². The van der Waals surface area contributed by atoms with Gasteiger partial charge in [-0.15, -0.1) is 0 Å². The molecule has 0 aromatic heterocycles. The van der Waals surface area contributed by atoms with Crippen molar-refractivity contribution in [1.29, 1.82) is 0 Å². The number of hydrogen-bond donors (Lipinski definition) is 2. The van der Waals surface area contributed by atoms with E-state index in [2.05, 4.69) is 5.32 Å². The van der Waals surface area contributed by atoms with Gasteiger partial charge in [-0.25, -0.2) is 0 Å². The van der Waals surface area contributed by atoms with E-state index in [4.69, 9.17) is 11.6 Å². The lowest BCUT2D eigenvalue weighted by Crippen LogP contribution is -2.52. The van der Waals surface area contributed by atoms with Crippen molar-refractivity contribution >= 4 is 35.2 Å². The molecular weight excluding hydrogens is 463 g/mol. The van der Waals surface area contributed by atoms with Crippen molar-refractivity contribution in [3.05, 3.63) is 69.7 Å². The molecule has 2 heterocycles. The highest BCUT2D eigenvalue weighted by Crippen LogP contribution is 2.34. The Hall–Kier alpha value is -3.40. The topological polar surface area (TPSA) is 95.6 Å². The Kier molecular flexibility index (Phi) is 5.87. The summed E-state index contributed by atoms with van der Waals surface area (Å²) in [5.74, 6) is -2.43. The van der Waals surface area contributed by atoms with Crippen LogP contribution in [0.1, 0.15) is 50.7 Å². The van der Waals surface area contributed by atoms with Crippen LogP contribution in [0.15, 0.2) is 42.5 Å². The smallest absolute Gasteiger partial charge is 0.337 e. The van der Waals surface area contributed by atoms with Crippen LogP contribution in [0.4, 0.5) is 13.2 Å². The molecule has 1 unspecified atom stereocenters. The minimum absolute atomic E-state index is 0.00143. The molecule has 2 aromatic carbocycles. The minimum atomic E-state index is -4.77. The van der Waals surface area contributed by atoms with Gasteiger partial charge in [-0.3, -0.25) is 24.5 Å². The number of nitrogens with one attached hydrogen (secondary N) is 2. The molecule has 0 saturated carbocycles. The zero-order valence-electron chi connectivity index (χ0n) is 16.9. The lowest BCUT2D eigenvalue weighted by Gasteiger charge is -2.29. The summed E-state index contributed by atoms with van der Waals surface area (Å²) in [5.41, 5.74) is 0.369. The lowest BCUT2D eigenvalue weighted by molar-refractivity contribution is -0.155. The van der Waals surface area contributed by atoms with Crippen molar-refractivity contribution in [3.63, 3.8) is 0 Å². The van der Waals surface area contributed by atoms with E-state index in [0.29, 0.717) is 5.56 Å². The largest absolute Gasteiger partial charge is 0.412 e. The van der Waals surface area contributed by atoms with Gasteiger partial charge in [0.15, 0.2) is 6.04 Å². The number of amides is 4. The number of hydrogen-bond acceptors (Lipinski definition) is 4. The van der Waals surface area contributed by atoms with Gasteiger partial charge in [0.1, 0.15) is 6.04 Å². The normalized spacial score (nSPS) is 19.2. The summed E-state index contributed by atoms with van der Waals surface area (Å²) < 4.78 is 40.9. The first-order valence-corrected chi connectivity index (χ1v) is 10.3. The van der Waals surface area contributed by atoms with Crippen LogP contribution in [0.5, 0.6) is 0 Å². The second-order valence-corrected chi connectivity index (χ2v) is 8.21. The van der Waals surface area contributed by atoms with Gasteiger partial charge in [0.2, 0.25) is 11.8 Å². The monoisotopic (exact) mass is 479 g/mol. The van der Waals surface area contributed by atoms with E-state index in [1.807, 2.05) is 5.32 Å². The van der Waals surface area contributed by atoms with E-state index in [9.17, 15) is 32.3 Å². The lowest BCUT2D eigenvalue weighted by atomic mass is 10.0. The number of carbonyl (C=O) groups excluding carboxylic acids is 4. The number of piperidine rings is 1. The number of halogens is 4. The van der Waals surface area contributed by atoms with Gasteiger partial charge in [0.25, 0.3) is 11.8 Å². The number of nitrogens with zero attached hydrogens (tertiary/aromatic N) is 1. The van der Waals surface area contributed by atoms with Crippen LogP contribution in [0.2, 0.25) is 5.02 Å². The SMILES string of the molecule is O=C1CCC(N2Cc3cc(C(=O)N[C@H](c4cccc(Cl)c4)C(F)(F)F)ccc3C2=O)C(=O)N1. The standard InChI is InChI=1S/C22H17ClF3N3O4/c23-14-3-1-2-11(9-14)18(22(24,25)26)28-19(31)12-4-5-15-13(8-12)10-29(21(15)33)16-6-7-17(30)27-20(16)32/h1-5,8-9,16,18H,6-7,10H2,(H,28,31)(H,27,30,32)/t16?,18-/m1/s1. The molecule has 2 aromatic rings. The zero-order valence-corrected chi connectivity index (χ0v) is 17.7. The van der Waals surface area contributed by atoms with Crippen molar-refractivity contribution in [1.82, 2.24) is 15.5 Å².